The Balaban J connectivity index is 1.70. The molecular weight excluding hydrogens is 281 g/mol. The smallest absolute Gasteiger partial charge is 0.232 e. The van der Waals surface area contributed by atoms with Gasteiger partial charge < -0.3 is 10.0 Å². The molecule has 0 heterocycles. The maximum Gasteiger partial charge on any atom is 0.232 e. The lowest BCUT2D eigenvalue weighted by molar-refractivity contribution is -0.134. The van der Waals surface area contributed by atoms with Crippen LogP contribution in [0.5, 0.6) is 0 Å². The molecule has 0 saturated heterocycles. The third-order valence-electron chi connectivity index (χ3n) is 5.26. The average Bonchev–Trinajstić information content (AvgIpc) is 3.30. The predicted molar refractivity (Wildman–Crippen MR) is 82.9 cm³/mol. The number of aliphatic hydroxyl groups is 1. The lowest BCUT2D eigenvalue weighted by atomic mass is 9.85. The lowest BCUT2D eigenvalue weighted by Gasteiger charge is -2.33. The van der Waals surface area contributed by atoms with Crippen molar-refractivity contribution >= 4 is 5.91 Å². The fraction of sp³-hybridized carbons (Fsp3) is 0.611. The zero-order valence-electron chi connectivity index (χ0n) is 13.1. The van der Waals surface area contributed by atoms with Crippen molar-refractivity contribution in [1.82, 2.24) is 4.90 Å². The third kappa shape index (κ3) is 2.89. The van der Waals surface area contributed by atoms with E-state index in [4.69, 9.17) is 0 Å². The number of carbonyl (C=O) groups excluding carboxylic acids is 1. The third-order valence-corrected chi connectivity index (χ3v) is 5.26. The number of likely N-dealkylation sites (N-methyl/N-ethyl adjacent to an activating group) is 1. The van der Waals surface area contributed by atoms with Gasteiger partial charge in [-0.15, -0.1) is 0 Å². The molecule has 1 aromatic rings. The second-order valence-electron chi connectivity index (χ2n) is 6.89. The summed E-state index contributed by atoms with van der Waals surface area (Å²) in [4.78, 5) is 14.6. The van der Waals surface area contributed by atoms with Crippen molar-refractivity contribution in [3.8, 4) is 0 Å². The van der Waals surface area contributed by atoms with Crippen LogP contribution in [0.4, 0.5) is 4.39 Å². The number of halogens is 1. The highest BCUT2D eigenvalue weighted by Crippen LogP contribution is 2.49. The fourth-order valence-electron chi connectivity index (χ4n) is 3.74. The van der Waals surface area contributed by atoms with Crippen LogP contribution in [0.1, 0.15) is 44.1 Å². The Kier molecular flexibility index (Phi) is 4.22. The van der Waals surface area contributed by atoms with Gasteiger partial charge >= 0.3 is 0 Å². The van der Waals surface area contributed by atoms with Crippen molar-refractivity contribution in [2.24, 2.45) is 5.92 Å². The average molecular weight is 305 g/mol. The zero-order valence-corrected chi connectivity index (χ0v) is 13.1. The summed E-state index contributed by atoms with van der Waals surface area (Å²) in [6, 6.07) is 6.40. The summed E-state index contributed by atoms with van der Waals surface area (Å²) in [6.07, 6.45) is 5.28. The van der Waals surface area contributed by atoms with Crippen LogP contribution < -0.4 is 0 Å². The van der Waals surface area contributed by atoms with Crippen molar-refractivity contribution in [2.45, 2.75) is 50.0 Å². The van der Waals surface area contributed by atoms with Gasteiger partial charge in [0.2, 0.25) is 5.91 Å². The second-order valence-corrected chi connectivity index (χ2v) is 6.89. The number of hydrogen-bond donors (Lipinski definition) is 1. The number of benzene rings is 1. The van der Waals surface area contributed by atoms with E-state index in [1.807, 2.05) is 13.1 Å². The standard InChI is InChI=1S/C18H24FNO2/c1-20(12-13-5-2-3-8-16(13)21)17(22)18(9-10-18)14-6-4-7-15(19)11-14/h4,6-7,11,13,16,21H,2-3,5,8-10,12H2,1H3. The van der Waals surface area contributed by atoms with Gasteiger partial charge in [0.15, 0.2) is 0 Å². The van der Waals surface area contributed by atoms with Crippen LogP contribution in [0, 0.1) is 11.7 Å². The first-order valence-electron chi connectivity index (χ1n) is 8.22. The van der Waals surface area contributed by atoms with Gasteiger partial charge in [-0.2, -0.15) is 0 Å². The van der Waals surface area contributed by atoms with Gasteiger partial charge in [0.1, 0.15) is 5.82 Å². The molecular formula is C18H24FNO2. The lowest BCUT2D eigenvalue weighted by Crippen LogP contribution is -2.42. The summed E-state index contributed by atoms with van der Waals surface area (Å²) in [5.74, 6) is -0.0520. The molecule has 0 aliphatic heterocycles. The maximum atomic E-state index is 13.5. The van der Waals surface area contributed by atoms with Gasteiger partial charge in [0.05, 0.1) is 11.5 Å². The Labute approximate surface area is 131 Å². The molecule has 2 saturated carbocycles. The summed E-state index contributed by atoms with van der Waals surface area (Å²) < 4.78 is 13.5. The van der Waals surface area contributed by atoms with Crippen LogP contribution in [0.2, 0.25) is 0 Å². The maximum absolute atomic E-state index is 13.5. The van der Waals surface area contributed by atoms with Crippen LogP contribution in [-0.2, 0) is 10.2 Å². The monoisotopic (exact) mass is 305 g/mol. The fourth-order valence-corrected chi connectivity index (χ4v) is 3.74. The van der Waals surface area contributed by atoms with Crippen LogP contribution >= 0.6 is 0 Å². The van der Waals surface area contributed by atoms with E-state index in [0.717, 1.165) is 44.1 Å². The first kappa shape index (κ1) is 15.5. The van der Waals surface area contributed by atoms with Crippen molar-refractivity contribution in [2.75, 3.05) is 13.6 Å². The predicted octanol–water partition coefficient (Wildman–Crippen LogP) is 2.87. The molecule has 2 unspecified atom stereocenters. The summed E-state index contributed by atoms with van der Waals surface area (Å²) >= 11 is 0. The van der Waals surface area contributed by atoms with E-state index in [1.165, 1.54) is 12.1 Å². The van der Waals surface area contributed by atoms with Gasteiger partial charge in [-0.3, -0.25) is 4.79 Å². The Morgan fingerprint density at radius 3 is 2.73 bits per heavy atom. The van der Waals surface area contributed by atoms with Gasteiger partial charge in [-0.05, 0) is 43.4 Å². The molecule has 2 aliphatic carbocycles. The van der Waals surface area contributed by atoms with Crippen LogP contribution in [0.3, 0.4) is 0 Å². The molecule has 4 heteroatoms. The molecule has 2 aliphatic rings. The highest BCUT2D eigenvalue weighted by atomic mass is 19.1. The molecule has 0 bridgehead atoms. The Hall–Kier alpha value is -1.42. The first-order valence-corrected chi connectivity index (χ1v) is 8.22. The minimum absolute atomic E-state index is 0.0656. The minimum atomic E-state index is -0.531. The minimum Gasteiger partial charge on any atom is -0.393 e. The summed E-state index contributed by atoms with van der Waals surface area (Å²) in [5.41, 5.74) is 0.254. The van der Waals surface area contributed by atoms with E-state index >= 15 is 0 Å². The Bertz CT molecular complexity index is 556. The molecule has 1 aromatic carbocycles. The number of hydrogen-bond acceptors (Lipinski definition) is 2. The van der Waals surface area contributed by atoms with Crippen molar-refractivity contribution in [3.05, 3.63) is 35.6 Å². The molecule has 2 fully saturated rings. The first-order chi connectivity index (χ1) is 10.5. The molecule has 0 aromatic heterocycles. The van der Waals surface area contributed by atoms with Crippen molar-refractivity contribution < 1.29 is 14.3 Å². The van der Waals surface area contributed by atoms with E-state index in [1.54, 1.807) is 11.0 Å². The molecule has 3 nitrogen and oxygen atoms in total. The van der Waals surface area contributed by atoms with Gasteiger partial charge in [0, 0.05) is 19.5 Å². The van der Waals surface area contributed by atoms with Crippen LogP contribution in [-0.4, -0.2) is 35.6 Å². The van der Waals surface area contributed by atoms with Gasteiger partial charge in [0.25, 0.3) is 0 Å². The Morgan fingerprint density at radius 2 is 2.09 bits per heavy atom. The zero-order chi connectivity index (χ0) is 15.7. The van der Waals surface area contributed by atoms with Gasteiger partial charge in [-0.25, -0.2) is 4.39 Å². The molecule has 0 radical (unpaired) electrons. The molecule has 2 atom stereocenters. The van der Waals surface area contributed by atoms with Crippen molar-refractivity contribution in [3.63, 3.8) is 0 Å². The van der Waals surface area contributed by atoms with E-state index in [0.29, 0.717) is 6.54 Å². The largest absolute Gasteiger partial charge is 0.393 e. The molecule has 120 valence electrons. The quantitative estimate of drug-likeness (QED) is 0.929. The summed E-state index contributed by atoms with van der Waals surface area (Å²) in [7, 11) is 1.81. The number of carbonyl (C=O) groups is 1. The molecule has 1 amide bonds. The number of nitrogens with zero attached hydrogens (tertiary/aromatic N) is 1. The molecule has 0 spiro atoms. The highest BCUT2D eigenvalue weighted by molar-refractivity contribution is 5.91. The molecule has 1 N–H and O–H groups in total. The highest BCUT2D eigenvalue weighted by Gasteiger charge is 2.52. The van der Waals surface area contributed by atoms with E-state index in [9.17, 15) is 14.3 Å². The van der Waals surface area contributed by atoms with E-state index < -0.39 is 5.41 Å². The molecule has 22 heavy (non-hydrogen) atoms. The molecule has 3 rings (SSSR count). The SMILES string of the molecule is CN(CC1CCCCC1O)C(=O)C1(c2cccc(F)c2)CC1. The van der Waals surface area contributed by atoms with Crippen LogP contribution in [0.15, 0.2) is 24.3 Å². The number of aliphatic hydroxyl groups excluding tert-OH is 1. The Morgan fingerprint density at radius 1 is 1.36 bits per heavy atom. The topological polar surface area (TPSA) is 40.5 Å². The normalized spacial score (nSPS) is 26.5. The van der Waals surface area contributed by atoms with Gasteiger partial charge in [-0.1, -0.05) is 25.0 Å². The summed E-state index contributed by atoms with van der Waals surface area (Å²) in [6.45, 7) is 0.594. The van der Waals surface area contributed by atoms with Crippen molar-refractivity contribution in [1.29, 1.82) is 0 Å². The van der Waals surface area contributed by atoms with E-state index in [2.05, 4.69) is 0 Å². The van der Waals surface area contributed by atoms with Crippen LogP contribution in [0.25, 0.3) is 0 Å². The summed E-state index contributed by atoms with van der Waals surface area (Å²) in [5, 5.41) is 10.1. The van der Waals surface area contributed by atoms with E-state index in [-0.39, 0.29) is 23.7 Å². The number of amides is 1. The number of rotatable bonds is 4. The second kappa shape index (κ2) is 5.99.